The molecule has 3 nitrogen and oxygen atoms in total. The van der Waals surface area contributed by atoms with E-state index < -0.39 is 11.0 Å². The van der Waals surface area contributed by atoms with Crippen molar-refractivity contribution in [1.82, 2.24) is 9.71 Å². The highest BCUT2D eigenvalue weighted by atomic mass is 32.2. The van der Waals surface area contributed by atoms with Crippen LogP contribution in [0.15, 0.2) is 24.5 Å². The van der Waals surface area contributed by atoms with Crippen LogP contribution in [0, 0.1) is 0 Å². The van der Waals surface area contributed by atoms with Gasteiger partial charge in [0, 0.05) is 18.9 Å². The van der Waals surface area contributed by atoms with Gasteiger partial charge in [-0.25, -0.2) is 8.93 Å². The van der Waals surface area contributed by atoms with Gasteiger partial charge in [0.05, 0.1) is 15.7 Å². The van der Waals surface area contributed by atoms with Crippen LogP contribution in [0.1, 0.15) is 26.3 Å². The molecule has 78 valence electrons. The van der Waals surface area contributed by atoms with Crippen molar-refractivity contribution in [1.29, 1.82) is 0 Å². The minimum atomic E-state index is -1.02. The van der Waals surface area contributed by atoms with E-state index in [-0.39, 0.29) is 4.75 Å². The van der Waals surface area contributed by atoms with Gasteiger partial charge in [-0.3, -0.25) is 4.98 Å². The molecule has 0 aliphatic heterocycles. The second kappa shape index (κ2) is 4.66. The third-order valence-electron chi connectivity index (χ3n) is 1.69. The SMILES string of the molecule is CC(C)(C)[S@](=O)NCc1cccnc1. The lowest BCUT2D eigenvalue weighted by Gasteiger charge is -2.17. The zero-order chi connectivity index (χ0) is 10.6. The van der Waals surface area contributed by atoms with Gasteiger partial charge < -0.3 is 0 Å². The van der Waals surface area contributed by atoms with E-state index in [1.807, 2.05) is 32.9 Å². The minimum absolute atomic E-state index is 0.220. The summed E-state index contributed by atoms with van der Waals surface area (Å²) >= 11 is 0. The fourth-order valence-electron chi connectivity index (χ4n) is 0.868. The van der Waals surface area contributed by atoms with Crippen LogP contribution in [0.2, 0.25) is 0 Å². The Balaban J connectivity index is 2.46. The van der Waals surface area contributed by atoms with Gasteiger partial charge in [0.25, 0.3) is 0 Å². The second-order valence-electron chi connectivity index (χ2n) is 4.06. The van der Waals surface area contributed by atoms with E-state index >= 15 is 0 Å². The van der Waals surface area contributed by atoms with Crippen LogP contribution in [0.25, 0.3) is 0 Å². The summed E-state index contributed by atoms with van der Waals surface area (Å²) in [5.41, 5.74) is 1.05. The van der Waals surface area contributed by atoms with Crippen molar-refractivity contribution >= 4 is 11.0 Å². The lowest BCUT2D eigenvalue weighted by atomic mass is 10.3. The van der Waals surface area contributed by atoms with Crippen LogP contribution in [0.4, 0.5) is 0 Å². The lowest BCUT2D eigenvalue weighted by Crippen LogP contribution is -2.32. The van der Waals surface area contributed by atoms with E-state index in [2.05, 4.69) is 9.71 Å². The number of nitrogens with one attached hydrogen (secondary N) is 1. The predicted molar refractivity (Wildman–Crippen MR) is 59.0 cm³/mol. The molecule has 4 heteroatoms. The summed E-state index contributed by atoms with van der Waals surface area (Å²) < 4.78 is 14.4. The van der Waals surface area contributed by atoms with E-state index in [9.17, 15) is 4.21 Å². The van der Waals surface area contributed by atoms with Crippen molar-refractivity contribution in [3.8, 4) is 0 Å². The van der Waals surface area contributed by atoms with E-state index in [0.717, 1.165) is 5.56 Å². The average Bonchev–Trinajstić information content (AvgIpc) is 2.14. The van der Waals surface area contributed by atoms with E-state index in [1.165, 1.54) is 0 Å². The topological polar surface area (TPSA) is 42.0 Å². The van der Waals surface area contributed by atoms with Gasteiger partial charge in [0.2, 0.25) is 0 Å². The monoisotopic (exact) mass is 212 g/mol. The van der Waals surface area contributed by atoms with Gasteiger partial charge in [-0.1, -0.05) is 6.07 Å². The highest BCUT2D eigenvalue weighted by Gasteiger charge is 2.18. The fraction of sp³-hybridized carbons (Fsp3) is 0.500. The molecule has 1 atom stereocenters. The molecule has 14 heavy (non-hydrogen) atoms. The smallest absolute Gasteiger partial charge is 0.0973 e. The van der Waals surface area contributed by atoms with Gasteiger partial charge in [-0.2, -0.15) is 0 Å². The van der Waals surface area contributed by atoms with Crippen molar-refractivity contribution < 1.29 is 4.21 Å². The molecule has 0 spiro atoms. The Morgan fingerprint density at radius 3 is 2.71 bits per heavy atom. The first-order valence-electron chi connectivity index (χ1n) is 4.54. The van der Waals surface area contributed by atoms with Crippen LogP contribution in [0.5, 0.6) is 0 Å². The average molecular weight is 212 g/mol. The molecule has 1 N–H and O–H groups in total. The number of pyridine rings is 1. The Kier molecular flexibility index (Phi) is 3.77. The van der Waals surface area contributed by atoms with Crippen molar-refractivity contribution in [2.24, 2.45) is 0 Å². The molecule has 1 rings (SSSR count). The summed E-state index contributed by atoms with van der Waals surface area (Å²) in [5.74, 6) is 0. The Hall–Kier alpha value is -0.740. The van der Waals surface area contributed by atoms with E-state index in [1.54, 1.807) is 12.4 Å². The van der Waals surface area contributed by atoms with Crippen LogP contribution in [-0.4, -0.2) is 13.9 Å². The molecule has 0 bridgehead atoms. The molecular formula is C10H16N2OS. The summed E-state index contributed by atoms with van der Waals surface area (Å²) in [6.07, 6.45) is 3.50. The zero-order valence-corrected chi connectivity index (χ0v) is 9.60. The predicted octanol–water partition coefficient (Wildman–Crippen LogP) is 1.63. The minimum Gasteiger partial charge on any atom is -0.264 e. The molecule has 0 amide bonds. The quantitative estimate of drug-likeness (QED) is 0.827. The van der Waals surface area contributed by atoms with Crippen LogP contribution < -0.4 is 4.72 Å². The largest absolute Gasteiger partial charge is 0.264 e. The van der Waals surface area contributed by atoms with Crippen molar-refractivity contribution in [3.63, 3.8) is 0 Å². The van der Waals surface area contributed by atoms with Gasteiger partial charge in [-0.05, 0) is 32.4 Å². The van der Waals surface area contributed by atoms with Crippen molar-refractivity contribution in [2.45, 2.75) is 32.1 Å². The van der Waals surface area contributed by atoms with Crippen molar-refractivity contribution in [3.05, 3.63) is 30.1 Å². The Bertz CT molecular complexity index is 306. The highest BCUT2D eigenvalue weighted by Crippen LogP contribution is 2.09. The normalized spacial score (nSPS) is 13.9. The molecule has 0 aliphatic carbocycles. The van der Waals surface area contributed by atoms with E-state index in [0.29, 0.717) is 6.54 Å². The Labute approximate surface area is 87.5 Å². The molecule has 0 saturated heterocycles. The third-order valence-corrected chi connectivity index (χ3v) is 3.21. The molecule has 0 fully saturated rings. The summed E-state index contributed by atoms with van der Waals surface area (Å²) in [7, 11) is -1.02. The number of hydrogen-bond donors (Lipinski definition) is 1. The summed E-state index contributed by atoms with van der Waals surface area (Å²) in [4.78, 5) is 3.99. The van der Waals surface area contributed by atoms with Crippen LogP contribution in [-0.2, 0) is 17.5 Å². The molecular weight excluding hydrogens is 196 g/mol. The summed E-state index contributed by atoms with van der Waals surface area (Å²) in [5, 5.41) is 0. The summed E-state index contributed by atoms with van der Waals surface area (Å²) in [6, 6.07) is 3.83. The summed E-state index contributed by atoms with van der Waals surface area (Å²) in [6.45, 7) is 6.43. The number of hydrogen-bond acceptors (Lipinski definition) is 2. The zero-order valence-electron chi connectivity index (χ0n) is 8.78. The number of nitrogens with zero attached hydrogens (tertiary/aromatic N) is 1. The maximum Gasteiger partial charge on any atom is 0.0973 e. The van der Waals surface area contributed by atoms with Gasteiger partial charge in [0.15, 0.2) is 0 Å². The van der Waals surface area contributed by atoms with Crippen LogP contribution in [0.3, 0.4) is 0 Å². The molecule has 0 radical (unpaired) electrons. The maximum absolute atomic E-state index is 11.6. The molecule has 1 aromatic rings. The molecule has 0 aromatic carbocycles. The number of aromatic nitrogens is 1. The Morgan fingerprint density at radius 1 is 1.50 bits per heavy atom. The first-order valence-corrected chi connectivity index (χ1v) is 5.69. The maximum atomic E-state index is 11.6. The molecule has 0 saturated carbocycles. The number of rotatable bonds is 3. The standard InChI is InChI=1S/C10H16N2OS/c1-10(2,3)14(13)12-8-9-5-4-6-11-7-9/h4-7,12H,8H2,1-3H3/t14-/m0/s1. The van der Waals surface area contributed by atoms with Crippen LogP contribution >= 0.6 is 0 Å². The first-order chi connectivity index (χ1) is 6.50. The van der Waals surface area contributed by atoms with Gasteiger partial charge in [-0.15, -0.1) is 0 Å². The Morgan fingerprint density at radius 2 is 2.21 bits per heavy atom. The van der Waals surface area contributed by atoms with Gasteiger partial charge in [0.1, 0.15) is 0 Å². The first kappa shape index (κ1) is 11.3. The van der Waals surface area contributed by atoms with Gasteiger partial charge >= 0.3 is 0 Å². The molecule has 0 unspecified atom stereocenters. The molecule has 1 heterocycles. The molecule has 1 aromatic heterocycles. The lowest BCUT2D eigenvalue weighted by molar-refractivity contribution is 0.635. The van der Waals surface area contributed by atoms with Crippen molar-refractivity contribution in [2.75, 3.05) is 0 Å². The fourth-order valence-corrected chi connectivity index (χ4v) is 1.60. The van der Waals surface area contributed by atoms with E-state index in [4.69, 9.17) is 0 Å². The second-order valence-corrected chi connectivity index (χ2v) is 6.11. The third kappa shape index (κ3) is 3.55. The highest BCUT2D eigenvalue weighted by molar-refractivity contribution is 7.84. The molecule has 0 aliphatic rings.